The molecule has 0 unspecified atom stereocenters. The number of nitrogens with zero attached hydrogens (tertiary/aromatic N) is 1. The zero-order chi connectivity index (χ0) is 15.9. The third-order valence-corrected chi connectivity index (χ3v) is 2.98. The van der Waals surface area contributed by atoms with Gasteiger partial charge in [0, 0.05) is 10.8 Å². The second kappa shape index (κ2) is 7.17. The van der Waals surface area contributed by atoms with Crippen molar-refractivity contribution >= 4 is 33.7 Å². The van der Waals surface area contributed by atoms with Gasteiger partial charge in [0.25, 0.3) is 0 Å². The van der Waals surface area contributed by atoms with Crippen LogP contribution < -0.4 is 0 Å². The van der Waals surface area contributed by atoms with E-state index in [2.05, 4.69) is 23.2 Å². The number of carboxylic acids is 2. The number of para-hydroxylation sites is 2. The van der Waals surface area contributed by atoms with E-state index in [-0.39, 0.29) is 12.8 Å². The number of pyridine rings is 1. The van der Waals surface area contributed by atoms with Gasteiger partial charge in [0.05, 0.1) is 23.9 Å². The lowest BCUT2D eigenvalue weighted by Crippen LogP contribution is -2.00. The lowest BCUT2D eigenvalue weighted by Gasteiger charge is -1.99. The first kappa shape index (κ1) is 15.4. The number of fused-ring (bicyclic) bond motifs is 2. The Morgan fingerprint density at radius 2 is 1.18 bits per heavy atom. The van der Waals surface area contributed by atoms with Crippen LogP contribution in [0.15, 0.2) is 54.6 Å². The molecule has 0 atom stereocenters. The number of carbonyl (C=O) groups is 2. The van der Waals surface area contributed by atoms with Gasteiger partial charge in [-0.05, 0) is 18.2 Å². The van der Waals surface area contributed by atoms with Crippen LogP contribution in [0.2, 0.25) is 0 Å². The van der Waals surface area contributed by atoms with Crippen molar-refractivity contribution in [1.29, 1.82) is 0 Å². The Labute approximate surface area is 126 Å². The molecular formula is C17H15NO4. The van der Waals surface area contributed by atoms with Crippen LogP contribution in [-0.4, -0.2) is 27.1 Å². The highest BCUT2D eigenvalue weighted by molar-refractivity contribution is 5.92. The highest BCUT2D eigenvalue weighted by atomic mass is 16.4. The lowest BCUT2D eigenvalue weighted by molar-refractivity contribution is -0.143. The molecule has 112 valence electrons. The highest BCUT2D eigenvalue weighted by Gasteiger charge is 2.00. The second-order valence-electron chi connectivity index (χ2n) is 4.66. The molecule has 0 saturated heterocycles. The quantitative estimate of drug-likeness (QED) is 0.724. The first-order chi connectivity index (χ1) is 10.6. The van der Waals surface area contributed by atoms with Crippen molar-refractivity contribution in [3.8, 4) is 0 Å². The van der Waals surface area contributed by atoms with Gasteiger partial charge in [-0.3, -0.25) is 9.59 Å². The first-order valence-electron chi connectivity index (χ1n) is 6.74. The summed E-state index contributed by atoms with van der Waals surface area (Å²) in [6.45, 7) is 0. The van der Waals surface area contributed by atoms with Gasteiger partial charge in [-0.25, -0.2) is 4.98 Å². The summed E-state index contributed by atoms with van der Waals surface area (Å²) in [5.74, 6) is -2.15. The number of carboxylic acid groups (broad SMARTS) is 2. The number of aromatic nitrogens is 1. The molecule has 0 fully saturated rings. The number of benzene rings is 2. The summed E-state index contributed by atoms with van der Waals surface area (Å²) < 4.78 is 0. The van der Waals surface area contributed by atoms with Crippen molar-refractivity contribution in [2.45, 2.75) is 12.8 Å². The maximum Gasteiger partial charge on any atom is 0.303 e. The van der Waals surface area contributed by atoms with Crippen LogP contribution in [0.5, 0.6) is 0 Å². The molecule has 1 aromatic heterocycles. The third kappa shape index (κ3) is 4.28. The molecule has 22 heavy (non-hydrogen) atoms. The van der Waals surface area contributed by atoms with E-state index >= 15 is 0 Å². The van der Waals surface area contributed by atoms with Gasteiger partial charge in [0.2, 0.25) is 0 Å². The number of hydrogen-bond donors (Lipinski definition) is 2. The fraction of sp³-hybridized carbons (Fsp3) is 0.118. The van der Waals surface area contributed by atoms with Crippen LogP contribution >= 0.6 is 0 Å². The smallest absolute Gasteiger partial charge is 0.303 e. The van der Waals surface area contributed by atoms with Crippen LogP contribution in [-0.2, 0) is 9.59 Å². The molecule has 3 rings (SSSR count). The fourth-order valence-corrected chi connectivity index (χ4v) is 1.93. The van der Waals surface area contributed by atoms with E-state index < -0.39 is 11.9 Å². The van der Waals surface area contributed by atoms with E-state index in [1.54, 1.807) is 0 Å². The minimum absolute atomic E-state index is 0.296. The number of rotatable bonds is 3. The Morgan fingerprint density at radius 1 is 0.773 bits per heavy atom. The number of aliphatic carboxylic acids is 2. The Balaban J connectivity index is 0.000000192. The molecular weight excluding hydrogens is 282 g/mol. The summed E-state index contributed by atoms with van der Waals surface area (Å²) >= 11 is 0. The van der Waals surface area contributed by atoms with Crippen molar-refractivity contribution in [3.63, 3.8) is 0 Å². The van der Waals surface area contributed by atoms with Crippen LogP contribution in [0.3, 0.4) is 0 Å². The van der Waals surface area contributed by atoms with Crippen molar-refractivity contribution < 1.29 is 19.8 Å². The normalized spacial score (nSPS) is 10.0. The maximum atomic E-state index is 9.64. The minimum Gasteiger partial charge on any atom is -0.481 e. The van der Waals surface area contributed by atoms with E-state index in [1.165, 1.54) is 10.8 Å². The predicted molar refractivity (Wildman–Crippen MR) is 83.8 cm³/mol. The molecule has 0 saturated carbocycles. The van der Waals surface area contributed by atoms with Crippen LogP contribution in [0, 0.1) is 0 Å². The van der Waals surface area contributed by atoms with Crippen LogP contribution in [0.4, 0.5) is 0 Å². The molecule has 0 aliphatic heterocycles. The summed E-state index contributed by atoms with van der Waals surface area (Å²) in [6, 6.07) is 18.6. The van der Waals surface area contributed by atoms with Gasteiger partial charge in [-0.1, -0.05) is 36.4 Å². The van der Waals surface area contributed by atoms with Crippen LogP contribution in [0.25, 0.3) is 21.8 Å². The SMILES string of the molecule is O=C(O)CCC(=O)O.c1ccc2nc3ccccc3cc2c1. The van der Waals surface area contributed by atoms with E-state index in [0.717, 1.165) is 11.0 Å². The molecule has 0 radical (unpaired) electrons. The van der Waals surface area contributed by atoms with E-state index in [9.17, 15) is 9.59 Å². The zero-order valence-electron chi connectivity index (χ0n) is 11.8. The standard InChI is InChI=1S/C13H9N.C4H6O4/c1-3-7-12-10(5-1)9-11-6-2-4-8-13(11)14-12;5-3(6)1-2-4(7)8/h1-9H;1-2H2,(H,5,6)(H,7,8). The van der Waals surface area contributed by atoms with Gasteiger partial charge in [-0.15, -0.1) is 0 Å². The van der Waals surface area contributed by atoms with Crippen molar-refractivity contribution in [1.82, 2.24) is 4.98 Å². The minimum atomic E-state index is -1.08. The Morgan fingerprint density at radius 3 is 1.59 bits per heavy atom. The Bertz CT molecular complexity index is 695. The van der Waals surface area contributed by atoms with E-state index in [0.29, 0.717) is 0 Å². The molecule has 5 heteroatoms. The molecule has 0 aliphatic rings. The summed E-state index contributed by atoms with van der Waals surface area (Å²) in [7, 11) is 0. The zero-order valence-corrected chi connectivity index (χ0v) is 11.8. The molecule has 2 aromatic carbocycles. The maximum absolute atomic E-state index is 9.64. The molecule has 5 nitrogen and oxygen atoms in total. The lowest BCUT2D eigenvalue weighted by atomic mass is 10.1. The van der Waals surface area contributed by atoms with E-state index in [1.807, 2.05) is 36.4 Å². The topological polar surface area (TPSA) is 87.5 Å². The molecule has 0 spiro atoms. The van der Waals surface area contributed by atoms with Gasteiger partial charge in [0.1, 0.15) is 0 Å². The molecule has 0 amide bonds. The van der Waals surface area contributed by atoms with Gasteiger partial charge in [0.15, 0.2) is 0 Å². The predicted octanol–water partition coefficient (Wildman–Crippen LogP) is 3.32. The summed E-state index contributed by atoms with van der Waals surface area (Å²) in [4.78, 5) is 23.9. The summed E-state index contributed by atoms with van der Waals surface area (Å²) in [6.07, 6.45) is -0.593. The monoisotopic (exact) mass is 297 g/mol. The summed E-state index contributed by atoms with van der Waals surface area (Å²) in [5, 5.41) is 18.2. The molecule has 0 bridgehead atoms. The third-order valence-electron chi connectivity index (χ3n) is 2.98. The largest absolute Gasteiger partial charge is 0.481 e. The highest BCUT2D eigenvalue weighted by Crippen LogP contribution is 2.18. The van der Waals surface area contributed by atoms with Crippen molar-refractivity contribution in [2.24, 2.45) is 0 Å². The van der Waals surface area contributed by atoms with Crippen LogP contribution in [0.1, 0.15) is 12.8 Å². The molecule has 0 aliphatic carbocycles. The average molecular weight is 297 g/mol. The van der Waals surface area contributed by atoms with Crippen molar-refractivity contribution in [3.05, 3.63) is 54.6 Å². The van der Waals surface area contributed by atoms with Gasteiger partial charge in [-0.2, -0.15) is 0 Å². The molecule has 3 aromatic rings. The first-order valence-corrected chi connectivity index (χ1v) is 6.74. The molecule has 2 N–H and O–H groups in total. The van der Waals surface area contributed by atoms with Gasteiger partial charge < -0.3 is 10.2 Å². The average Bonchev–Trinajstić information content (AvgIpc) is 2.51. The molecule has 1 heterocycles. The van der Waals surface area contributed by atoms with E-state index in [4.69, 9.17) is 10.2 Å². The Hall–Kier alpha value is -2.95. The summed E-state index contributed by atoms with van der Waals surface area (Å²) in [5.41, 5.74) is 2.12. The second-order valence-corrected chi connectivity index (χ2v) is 4.66. The van der Waals surface area contributed by atoms with Crippen molar-refractivity contribution in [2.75, 3.05) is 0 Å². The fourth-order valence-electron chi connectivity index (χ4n) is 1.93. The van der Waals surface area contributed by atoms with Gasteiger partial charge >= 0.3 is 11.9 Å². The number of hydrogen-bond acceptors (Lipinski definition) is 3. The Kier molecular flexibility index (Phi) is 5.03.